The minimum Gasteiger partial charge on any atom is -0.352 e. The lowest BCUT2D eigenvalue weighted by atomic mass is 10.1. The monoisotopic (exact) mass is 527 g/mol. The van der Waals surface area contributed by atoms with Crippen LogP contribution >= 0.6 is 23.2 Å². The van der Waals surface area contributed by atoms with Crippen molar-refractivity contribution in [2.24, 2.45) is 0 Å². The van der Waals surface area contributed by atoms with Crippen molar-refractivity contribution in [3.05, 3.63) is 63.1 Å². The molecule has 0 aliphatic rings. The Bertz CT molecular complexity index is 1170. The second-order valence-electron chi connectivity index (χ2n) is 8.65. The number of amides is 2. The topological polar surface area (TPSA) is 86.8 Å². The van der Waals surface area contributed by atoms with E-state index in [1.165, 1.54) is 4.90 Å². The van der Waals surface area contributed by atoms with Crippen LogP contribution in [-0.4, -0.2) is 50.0 Å². The lowest BCUT2D eigenvalue weighted by Crippen LogP contribution is -2.52. The highest BCUT2D eigenvalue weighted by Gasteiger charge is 2.30. The molecule has 2 rings (SSSR count). The van der Waals surface area contributed by atoms with Gasteiger partial charge < -0.3 is 10.2 Å². The fourth-order valence-corrected chi connectivity index (χ4v) is 4.48. The van der Waals surface area contributed by atoms with Crippen LogP contribution < -0.4 is 9.62 Å². The normalized spacial score (nSPS) is 12.4. The summed E-state index contributed by atoms with van der Waals surface area (Å²) in [5, 5.41) is 3.49. The van der Waals surface area contributed by atoms with E-state index in [2.05, 4.69) is 5.32 Å². The van der Waals surface area contributed by atoms with Crippen molar-refractivity contribution in [1.82, 2.24) is 10.2 Å². The Hall–Kier alpha value is -2.29. The summed E-state index contributed by atoms with van der Waals surface area (Å²) in [5.41, 5.74) is 2.94. The van der Waals surface area contributed by atoms with E-state index in [4.69, 9.17) is 23.2 Å². The first kappa shape index (κ1) is 28.0. The van der Waals surface area contributed by atoms with E-state index in [0.29, 0.717) is 21.3 Å². The first-order valence-electron chi connectivity index (χ1n) is 10.8. The molecule has 0 saturated heterocycles. The summed E-state index contributed by atoms with van der Waals surface area (Å²) < 4.78 is 26.3. The van der Waals surface area contributed by atoms with Crippen LogP contribution in [0, 0.1) is 13.8 Å². The average Bonchev–Trinajstić information content (AvgIpc) is 2.72. The third-order valence-corrected chi connectivity index (χ3v) is 7.27. The molecule has 0 aliphatic carbocycles. The molecule has 0 aromatic heterocycles. The van der Waals surface area contributed by atoms with Crippen molar-refractivity contribution in [2.75, 3.05) is 17.1 Å². The lowest BCUT2D eigenvalue weighted by molar-refractivity contribution is -0.139. The Morgan fingerprint density at radius 3 is 2.15 bits per heavy atom. The van der Waals surface area contributed by atoms with Crippen molar-refractivity contribution in [3.63, 3.8) is 0 Å². The molecule has 1 N–H and O–H groups in total. The van der Waals surface area contributed by atoms with Crippen LogP contribution in [0.25, 0.3) is 0 Å². The number of hydrogen-bond acceptors (Lipinski definition) is 4. The van der Waals surface area contributed by atoms with Gasteiger partial charge in [-0.25, -0.2) is 8.42 Å². The molecule has 186 valence electrons. The standard InChI is InChI=1S/C24H31Cl2N3O4S/c1-15(2)27-24(31)18(5)28(13-19-8-10-21(25)22(26)12-19)23(30)14-29(34(6,32)33)20-9-7-16(3)17(4)11-20/h7-12,15,18H,13-14H2,1-6H3,(H,27,31). The second-order valence-corrected chi connectivity index (χ2v) is 11.4. The van der Waals surface area contributed by atoms with Crippen LogP contribution in [0.1, 0.15) is 37.5 Å². The SMILES string of the molecule is Cc1ccc(N(CC(=O)N(Cc2ccc(Cl)c(Cl)c2)C(C)C(=O)NC(C)C)S(C)(=O)=O)cc1C. The largest absolute Gasteiger partial charge is 0.352 e. The highest BCUT2D eigenvalue weighted by atomic mass is 35.5. The Kier molecular flexibility index (Phi) is 9.39. The zero-order chi connectivity index (χ0) is 25.8. The highest BCUT2D eigenvalue weighted by molar-refractivity contribution is 7.92. The number of rotatable bonds is 9. The van der Waals surface area contributed by atoms with E-state index >= 15 is 0 Å². The summed E-state index contributed by atoms with van der Waals surface area (Å²) in [6, 6.07) is 9.15. The van der Waals surface area contributed by atoms with Gasteiger partial charge in [0.25, 0.3) is 0 Å². The van der Waals surface area contributed by atoms with Gasteiger partial charge in [-0.15, -0.1) is 0 Å². The smallest absolute Gasteiger partial charge is 0.244 e. The average molecular weight is 529 g/mol. The molecule has 0 radical (unpaired) electrons. The van der Waals surface area contributed by atoms with Gasteiger partial charge in [0.15, 0.2) is 0 Å². The predicted molar refractivity (Wildman–Crippen MR) is 138 cm³/mol. The van der Waals surface area contributed by atoms with Crippen LogP contribution in [0.2, 0.25) is 10.0 Å². The Labute approximate surface area is 212 Å². The molecule has 0 bridgehead atoms. The Morgan fingerprint density at radius 2 is 1.62 bits per heavy atom. The summed E-state index contributed by atoms with van der Waals surface area (Å²) in [4.78, 5) is 27.6. The van der Waals surface area contributed by atoms with Gasteiger partial charge in [-0.1, -0.05) is 35.3 Å². The maximum absolute atomic E-state index is 13.5. The number of carbonyl (C=O) groups excluding carboxylic acids is 2. The number of benzene rings is 2. The molecule has 0 saturated carbocycles. The van der Waals surface area contributed by atoms with Crippen LogP contribution in [-0.2, 0) is 26.2 Å². The molecule has 0 heterocycles. The van der Waals surface area contributed by atoms with E-state index in [9.17, 15) is 18.0 Å². The number of sulfonamides is 1. The van der Waals surface area contributed by atoms with Crippen molar-refractivity contribution in [2.45, 2.75) is 53.2 Å². The van der Waals surface area contributed by atoms with E-state index in [0.717, 1.165) is 21.7 Å². The van der Waals surface area contributed by atoms with Crippen LogP contribution in [0.5, 0.6) is 0 Å². The van der Waals surface area contributed by atoms with Gasteiger partial charge in [-0.2, -0.15) is 0 Å². The number of anilines is 1. The van der Waals surface area contributed by atoms with Gasteiger partial charge in [-0.05, 0) is 75.6 Å². The minimum absolute atomic E-state index is 0.0485. The molecule has 1 atom stereocenters. The van der Waals surface area contributed by atoms with Gasteiger partial charge in [0, 0.05) is 12.6 Å². The second kappa shape index (κ2) is 11.4. The van der Waals surface area contributed by atoms with Gasteiger partial charge >= 0.3 is 0 Å². The molecule has 0 aliphatic heterocycles. The molecule has 10 heteroatoms. The van der Waals surface area contributed by atoms with E-state index in [1.807, 2.05) is 27.7 Å². The van der Waals surface area contributed by atoms with E-state index in [1.54, 1.807) is 43.3 Å². The third-order valence-electron chi connectivity index (χ3n) is 5.39. The van der Waals surface area contributed by atoms with Crippen LogP contribution in [0.3, 0.4) is 0 Å². The molecule has 0 spiro atoms. The Balaban J connectivity index is 2.43. The molecule has 0 fully saturated rings. The van der Waals surface area contributed by atoms with Crippen LogP contribution in [0.4, 0.5) is 5.69 Å². The van der Waals surface area contributed by atoms with Gasteiger partial charge in [0.05, 0.1) is 22.0 Å². The molecule has 2 amide bonds. The number of aryl methyl sites for hydroxylation is 2. The number of hydrogen-bond donors (Lipinski definition) is 1. The summed E-state index contributed by atoms with van der Waals surface area (Å²) in [6.07, 6.45) is 1.05. The summed E-state index contributed by atoms with van der Waals surface area (Å²) >= 11 is 12.1. The third kappa shape index (κ3) is 7.35. The van der Waals surface area contributed by atoms with Crippen molar-refractivity contribution in [3.8, 4) is 0 Å². The molecule has 7 nitrogen and oxygen atoms in total. The molecular weight excluding hydrogens is 497 g/mol. The fraction of sp³-hybridized carbons (Fsp3) is 0.417. The molecule has 34 heavy (non-hydrogen) atoms. The first-order valence-corrected chi connectivity index (χ1v) is 13.4. The summed E-state index contributed by atoms with van der Waals surface area (Å²) in [7, 11) is -3.78. The summed E-state index contributed by atoms with van der Waals surface area (Å²) in [5.74, 6) is -0.873. The quantitative estimate of drug-likeness (QED) is 0.526. The zero-order valence-electron chi connectivity index (χ0n) is 20.2. The number of carbonyl (C=O) groups is 2. The molecule has 2 aromatic carbocycles. The fourth-order valence-electron chi connectivity index (χ4n) is 3.32. The zero-order valence-corrected chi connectivity index (χ0v) is 22.6. The summed E-state index contributed by atoms with van der Waals surface area (Å²) in [6.45, 7) is 8.63. The number of halogens is 2. The highest BCUT2D eigenvalue weighted by Crippen LogP contribution is 2.25. The van der Waals surface area contributed by atoms with E-state index < -0.39 is 28.5 Å². The Morgan fingerprint density at radius 1 is 0.971 bits per heavy atom. The van der Waals surface area contributed by atoms with Crippen molar-refractivity contribution in [1.29, 1.82) is 0 Å². The van der Waals surface area contributed by atoms with Gasteiger partial charge in [-0.3, -0.25) is 13.9 Å². The first-order chi connectivity index (χ1) is 15.7. The van der Waals surface area contributed by atoms with Gasteiger partial charge in [0.1, 0.15) is 12.6 Å². The molecule has 2 aromatic rings. The lowest BCUT2D eigenvalue weighted by Gasteiger charge is -2.32. The van der Waals surface area contributed by atoms with Gasteiger partial charge in [0.2, 0.25) is 21.8 Å². The van der Waals surface area contributed by atoms with Crippen molar-refractivity contribution >= 4 is 50.7 Å². The number of nitrogens with one attached hydrogen (secondary N) is 1. The predicted octanol–water partition coefficient (Wildman–Crippen LogP) is 4.32. The number of nitrogens with zero attached hydrogens (tertiary/aromatic N) is 2. The minimum atomic E-state index is -3.78. The van der Waals surface area contributed by atoms with E-state index in [-0.39, 0.29) is 18.5 Å². The maximum atomic E-state index is 13.5. The molecule has 1 unspecified atom stereocenters. The molecular formula is C24H31Cl2N3O4S. The van der Waals surface area contributed by atoms with Crippen molar-refractivity contribution < 1.29 is 18.0 Å². The van der Waals surface area contributed by atoms with Crippen LogP contribution in [0.15, 0.2) is 36.4 Å². The maximum Gasteiger partial charge on any atom is 0.244 e.